The minimum absolute atomic E-state index is 0.00139. The Morgan fingerprint density at radius 2 is 2.00 bits per heavy atom. The van der Waals surface area contributed by atoms with Crippen LogP contribution in [-0.4, -0.2) is 29.4 Å². The highest BCUT2D eigenvalue weighted by atomic mass is 79.9. The number of ether oxygens (including phenoxy) is 1. The standard InChI is InChI=1S/C15H12Br2N2O4/c1-23-10-2-3-11(13(20)6-10)15(22)19-18-7-8-4-9(16)5-12(17)14(8)21/h2-7,20-21H,1H3,(H,19,22)/b18-7-. The predicted molar refractivity (Wildman–Crippen MR) is 93.2 cm³/mol. The Bertz CT molecular complexity index is 778. The lowest BCUT2D eigenvalue weighted by Crippen LogP contribution is -2.17. The van der Waals surface area contributed by atoms with Gasteiger partial charge in [-0.1, -0.05) is 15.9 Å². The normalized spacial score (nSPS) is 10.7. The van der Waals surface area contributed by atoms with Crippen LogP contribution >= 0.6 is 31.9 Å². The number of amides is 1. The third-order valence-electron chi connectivity index (χ3n) is 2.88. The molecule has 0 saturated carbocycles. The summed E-state index contributed by atoms with van der Waals surface area (Å²) in [6.07, 6.45) is 1.29. The Morgan fingerprint density at radius 3 is 2.65 bits per heavy atom. The molecule has 0 atom stereocenters. The fourth-order valence-electron chi connectivity index (χ4n) is 1.74. The van der Waals surface area contributed by atoms with E-state index in [0.29, 0.717) is 15.8 Å². The van der Waals surface area contributed by atoms with Crippen molar-refractivity contribution in [2.75, 3.05) is 7.11 Å². The summed E-state index contributed by atoms with van der Waals surface area (Å²) in [6, 6.07) is 7.62. The smallest absolute Gasteiger partial charge is 0.275 e. The number of hydrogen-bond donors (Lipinski definition) is 3. The second kappa shape index (κ2) is 7.47. The van der Waals surface area contributed by atoms with Gasteiger partial charge in [-0.2, -0.15) is 5.10 Å². The van der Waals surface area contributed by atoms with Crippen LogP contribution in [0.25, 0.3) is 0 Å². The van der Waals surface area contributed by atoms with Crippen LogP contribution in [0.2, 0.25) is 0 Å². The summed E-state index contributed by atoms with van der Waals surface area (Å²) in [5.74, 6) is -0.370. The maximum Gasteiger partial charge on any atom is 0.275 e. The van der Waals surface area contributed by atoms with Crippen molar-refractivity contribution in [2.45, 2.75) is 0 Å². The van der Waals surface area contributed by atoms with Gasteiger partial charge < -0.3 is 14.9 Å². The average Bonchev–Trinajstić information content (AvgIpc) is 2.51. The Kier molecular flexibility index (Phi) is 5.62. The van der Waals surface area contributed by atoms with E-state index in [2.05, 4.69) is 42.4 Å². The van der Waals surface area contributed by atoms with Gasteiger partial charge in [-0.05, 0) is 40.2 Å². The van der Waals surface area contributed by atoms with Crippen LogP contribution in [0.15, 0.2) is 44.4 Å². The molecule has 1 amide bonds. The molecule has 120 valence electrons. The van der Waals surface area contributed by atoms with Gasteiger partial charge in [0.1, 0.15) is 17.2 Å². The number of carbonyl (C=O) groups excluding carboxylic acids is 1. The van der Waals surface area contributed by atoms with E-state index >= 15 is 0 Å². The molecule has 2 aromatic carbocycles. The summed E-state index contributed by atoms with van der Waals surface area (Å²) in [4.78, 5) is 12.0. The van der Waals surface area contributed by atoms with E-state index in [1.54, 1.807) is 18.2 Å². The molecule has 2 aromatic rings. The summed E-state index contributed by atoms with van der Waals surface area (Å²) in [5.41, 5.74) is 2.75. The molecular weight excluding hydrogens is 432 g/mol. The number of hydrogen-bond acceptors (Lipinski definition) is 5. The van der Waals surface area contributed by atoms with E-state index in [0.717, 1.165) is 4.47 Å². The van der Waals surface area contributed by atoms with Crippen molar-refractivity contribution in [3.8, 4) is 17.2 Å². The minimum atomic E-state index is -0.588. The van der Waals surface area contributed by atoms with E-state index in [1.807, 2.05) is 0 Å². The van der Waals surface area contributed by atoms with Crippen molar-refractivity contribution in [3.05, 3.63) is 50.4 Å². The topological polar surface area (TPSA) is 91.2 Å². The fraction of sp³-hybridized carbons (Fsp3) is 0.0667. The minimum Gasteiger partial charge on any atom is -0.507 e. The Labute approximate surface area is 149 Å². The van der Waals surface area contributed by atoms with E-state index < -0.39 is 5.91 Å². The molecule has 0 aliphatic carbocycles. The van der Waals surface area contributed by atoms with Gasteiger partial charge in [-0.25, -0.2) is 5.43 Å². The molecule has 0 bridgehead atoms. The molecule has 0 radical (unpaired) electrons. The van der Waals surface area contributed by atoms with Crippen molar-refractivity contribution in [3.63, 3.8) is 0 Å². The maximum absolute atomic E-state index is 12.0. The van der Waals surface area contributed by atoms with Crippen molar-refractivity contribution in [1.29, 1.82) is 0 Å². The van der Waals surface area contributed by atoms with Crippen molar-refractivity contribution in [2.24, 2.45) is 5.10 Å². The fourth-order valence-corrected chi connectivity index (χ4v) is 2.99. The van der Waals surface area contributed by atoms with Crippen LogP contribution in [-0.2, 0) is 0 Å². The first kappa shape index (κ1) is 17.3. The third-order valence-corrected chi connectivity index (χ3v) is 3.94. The maximum atomic E-state index is 12.0. The van der Waals surface area contributed by atoms with Crippen LogP contribution in [0.5, 0.6) is 17.2 Å². The number of nitrogens with one attached hydrogen (secondary N) is 1. The van der Waals surface area contributed by atoms with E-state index in [4.69, 9.17) is 4.74 Å². The second-order valence-electron chi connectivity index (χ2n) is 4.41. The van der Waals surface area contributed by atoms with Crippen LogP contribution in [0.3, 0.4) is 0 Å². The zero-order valence-electron chi connectivity index (χ0n) is 11.9. The molecule has 0 unspecified atom stereocenters. The first-order valence-corrected chi connectivity index (χ1v) is 7.89. The molecule has 0 aliphatic rings. The molecular formula is C15H12Br2N2O4. The van der Waals surface area contributed by atoms with Crippen molar-refractivity contribution >= 4 is 44.0 Å². The Hall–Kier alpha value is -2.06. The summed E-state index contributed by atoms with van der Waals surface area (Å²) in [6.45, 7) is 0. The lowest BCUT2D eigenvalue weighted by molar-refractivity contribution is 0.0952. The molecule has 0 aliphatic heterocycles. The van der Waals surface area contributed by atoms with Gasteiger partial charge in [-0.15, -0.1) is 0 Å². The first-order valence-electron chi connectivity index (χ1n) is 6.30. The van der Waals surface area contributed by atoms with Gasteiger partial charge in [0.25, 0.3) is 5.91 Å². The number of methoxy groups -OCH3 is 1. The number of phenols is 2. The van der Waals surface area contributed by atoms with Gasteiger partial charge in [-0.3, -0.25) is 4.79 Å². The van der Waals surface area contributed by atoms with Gasteiger partial charge >= 0.3 is 0 Å². The number of aromatic hydroxyl groups is 2. The highest BCUT2D eigenvalue weighted by Gasteiger charge is 2.11. The highest BCUT2D eigenvalue weighted by Crippen LogP contribution is 2.30. The van der Waals surface area contributed by atoms with E-state index in [-0.39, 0.29) is 17.1 Å². The Balaban J connectivity index is 2.13. The molecule has 0 heterocycles. The number of hydrazone groups is 1. The molecule has 0 spiro atoms. The predicted octanol–water partition coefficient (Wildman–Crippen LogP) is 3.40. The average molecular weight is 444 g/mol. The van der Waals surface area contributed by atoms with Gasteiger partial charge in [0.15, 0.2) is 0 Å². The SMILES string of the molecule is COc1ccc(C(=O)N/N=C\c2cc(Br)cc(Br)c2O)c(O)c1. The first-order chi connectivity index (χ1) is 10.9. The molecule has 23 heavy (non-hydrogen) atoms. The zero-order valence-corrected chi connectivity index (χ0v) is 15.1. The second-order valence-corrected chi connectivity index (χ2v) is 6.18. The number of halogens is 2. The van der Waals surface area contributed by atoms with Gasteiger partial charge in [0, 0.05) is 16.1 Å². The summed E-state index contributed by atoms with van der Waals surface area (Å²) in [7, 11) is 1.46. The lowest BCUT2D eigenvalue weighted by Gasteiger charge is -2.06. The van der Waals surface area contributed by atoms with Crippen LogP contribution < -0.4 is 10.2 Å². The van der Waals surface area contributed by atoms with Crippen LogP contribution in [0.1, 0.15) is 15.9 Å². The number of nitrogens with zero attached hydrogens (tertiary/aromatic N) is 1. The number of carbonyl (C=O) groups is 1. The molecule has 2 rings (SSSR count). The number of rotatable bonds is 4. The molecule has 8 heteroatoms. The molecule has 0 aromatic heterocycles. The summed E-state index contributed by atoms with van der Waals surface area (Å²) in [5, 5.41) is 23.4. The highest BCUT2D eigenvalue weighted by molar-refractivity contribution is 9.11. The molecule has 3 N–H and O–H groups in total. The molecule has 0 saturated heterocycles. The number of benzene rings is 2. The summed E-state index contributed by atoms with van der Waals surface area (Å²) >= 11 is 6.50. The number of phenolic OH excluding ortho intramolecular Hbond substituents is 2. The van der Waals surface area contributed by atoms with Crippen molar-refractivity contribution < 1.29 is 19.7 Å². The molecule has 6 nitrogen and oxygen atoms in total. The zero-order chi connectivity index (χ0) is 17.0. The third kappa shape index (κ3) is 4.23. The largest absolute Gasteiger partial charge is 0.507 e. The van der Waals surface area contributed by atoms with E-state index in [1.165, 1.54) is 25.5 Å². The monoisotopic (exact) mass is 442 g/mol. The van der Waals surface area contributed by atoms with Crippen LogP contribution in [0, 0.1) is 0 Å². The lowest BCUT2D eigenvalue weighted by atomic mass is 10.2. The quantitative estimate of drug-likeness (QED) is 0.498. The van der Waals surface area contributed by atoms with Crippen LogP contribution in [0.4, 0.5) is 0 Å². The summed E-state index contributed by atoms with van der Waals surface area (Å²) < 4.78 is 6.18. The van der Waals surface area contributed by atoms with Gasteiger partial charge in [0.05, 0.1) is 23.4 Å². The van der Waals surface area contributed by atoms with Crippen molar-refractivity contribution in [1.82, 2.24) is 5.43 Å². The van der Waals surface area contributed by atoms with E-state index in [9.17, 15) is 15.0 Å². The Morgan fingerprint density at radius 1 is 1.26 bits per heavy atom. The van der Waals surface area contributed by atoms with Gasteiger partial charge in [0.2, 0.25) is 0 Å². The molecule has 0 fully saturated rings.